The van der Waals surface area contributed by atoms with Crippen LogP contribution in [-0.4, -0.2) is 36.1 Å². The molecule has 0 unspecified atom stereocenters. The Labute approximate surface area is 233 Å². The second-order valence-corrected chi connectivity index (χ2v) is 12.4. The third kappa shape index (κ3) is 6.04. The van der Waals surface area contributed by atoms with Crippen LogP contribution in [0.1, 0.15) is 52.1 Å². The molecule has 1 fully saturated rings. The number of rotatable bonds is 5. The summed E-state index contributed by atoms with van der Waals surface area (Å²) in [6, 6.07) is 27.2. The quantitative estimate of drug-likeness (QED) is 0.127. The van der Waals surface area contributed by atoms with Crippen LogP contribution in [0, 0.1) is 12.0 Å². The number of benzene rings is 3. The third-order valence-corrected chi connectivity index (χ3v) is 11.3. The van der Waals surface area contributed by atoms with Crippen molar-refractivity contribution in [2.45, 2.75) is 57.9 Å². The normalized spacial score (nSPS) is 23.2. The van der Waals surface area contributed by atoms with Crippen molar-refractivity contribution in [1.82, 2.24) is 4.90 Å². The Morgan fingerprint density at radius 1 is 1.06 bits per heavy atom. The Kier molecular flexibility index (Phi) is 10.9. The van der Waals surface area contributed by atoms with E-state index < -0.39 is 0 Å². The molecule has 2 nitrogen and oxygen atoms in total. The van der Waals surface area contributed by atoms with E-state index >= 15 is 0 Å². The molecule has 194 valence electrons. The number of Topliss-reactive ketones (excluding diaryl/α,β-unsaturated/α-hetero) is 1. The molecule has 5 heteroatoms. The first-order chi connectivity index (χ1) is 17.3. The van der Waals surface area contributed by atoms with Gasteiger partial charge in [-0.15, -0.1) is 22.4 Å². The summed E-state index contributed by atoms with van der Waals surface area (Å²) in [5.41, 5.74) is 5.54. The Morgan fingerprint density at radius 2 is 1.69 bits per heavy atom. The number of hydrogen-bond acceptors (Lipinski definition) is 2. The molecule has 2 bridgehead atoms. The molecule has 2 aliphatic rings. The van der Waals surface area contributed by atoms with Gasteiger partial charge in [0, 0.05) is 29.7 Å². The van der Waals surface area contributed by atoms with Crippen LogP contribution in [0.4, 0.5) is 0 Å². The van der Waals surface area contributed by atoms with Crippen molar-refractivity contribution in [2.75, 3.05) is 14.1 Å². The molecule has 2 heterocycles. The summed E-state index contributed by atoms with van der Waals surface area (Å²) in [4.78, 5) is 14.4. The van der Waals surface area contributed by atoms with Gasteiger partial charge in [-0.2, -0.15) is 18.2 Å². The summed E-state index contributed by atoms with van der Waals surface area (Å²) in [6.07, 6.45) is 1.79. The van der Waals surface area contributed by atoms with Gasteiger partial charge >= 0.3 is 27.7 Å². The van der Waals surface area contributed by atoms with E-state index in [1.54, 1.807) is 5.57 Å². The standard InChI is InChI=1S/C17H21OP.C14H16N.ClH.Pd/c1-4-15(18)14-10-16-11(2)12(3)17(14)19(16)13-8-6-5-7-9-13;1-11(15(2)3)13-10-6-8-12-7-4-5-9-14(12)13;;/h5-9,14,16-17H,4,10H2,1-3H3;4-9,11H,1-3H3;1H;/q;-1;;+2/p-1/t14-,16+,17+,19+;11-;;/m10../s1. The Bertz CT molecular complexity index is 1190. The Balaban J connectivity index is 0.000000193. The van der Waals surface area contributed by atoms with Crippen molar-refractivity contribution in [2.24, 2.45) is 5.92 Å². The van der Waals surface area contributed by atoms with Gasteiger partial charge in [0.2, 0.25) is 0 Å². The molecule has 3 aromatic carbocycles. The number of fused-ring (bicyclic) bond motifs is 3. The van der Waals surface area contributed by atoms with E-state index in [9.17, 15) is 4.79 Å². The van der Waals surface area contributed by atoms with E-state index in [4.69, 9.17) is 0 Å². The molecule has 0 aliphatic carbocycles. The van der Waals surface area contributed by atoms with E-state index in [2.05, 4.69) is 134 Å². The van der Waals surface area contributed by atoms with E-state index in [-0.39, 0.29) is 7.92 Å². The van der Waals surface area contributed by atoms with Gasteiger partial charge in [0.25, 0.3) is 0 Å². The van der Waals surface area contributed by atoms with Gasteiger partial charge in [-0.3, -0.25) is 4.79 Å². The van der Waals surface area contributed by atoms with Crippen LogP contribution in [0.2, 0.25) is 0 Å². The van der Waals surface area contributed by atoms with E-state index in [0.717, 1.165) is 6.42 Å². The number of allylic oxidation sites excluding steroid dienone is 2. The molecule has 0 amide bonds. The molecule has 5 atom stereocenters. The predicted molar refractivity (Wildman–Crippen MR) is 153 cm³/mol. The zero-order chi connectivity index (χ0) is 26.4. The van der Waals surface area contributed by atoms with Gasteiger partial charge in [-0.05, 0) is 46.6 Å². The van der Waals surface area contributed by atoms with Crippen LogP contribution < -0.4 is 5.30 Å². The van der Waals surface area contributed by atoms with Crippen LogP contribution in [-0.2, 0) is 23.0 Å². The summed E-state index contributed by atoms with van der Waals surface area (Å²) >= 11 is 2.22. The van der Waals surface area contributed by atoms with Gasteiger partial charge in [0.15, 0.2) is 0 Å². The molecule has 0 spiro atoms. The molecular formula is C31H37ClNOPPd. The van der Waals surface area contributed by atoms with Gasteiger partial charge in [0.05, 0.1) is 0 Å². The van der Waals surface area contributed by atoms with Gasteiger partial charge in [0.1, 0.15) is 5.78 Å². The first kappa shape index (κ1) is 29.2. The van der Waals surface area contributed by atoms with Crippen molar-refractivity contribution in [1.29, 1.82) is 0 Å². The maximum absolute atomic E-state index is 12.2. The van der Waals surface area contributed by atoms with Crippen LogP contribution in [0.5, 0.6) is 0 Å². The first-order valence-electron chi connectivity index (χ1n) is 12.6. The maximum atomic E-state index is 12.2. The number of carbonyl (C=O) groups is 1. The third-order valence-electron chi connectivity index (χ3n) is 7.82. The fraction of sp³-hybridized carbons (Fsp3) is 0.387. The van der Waals surface area contributed by atoms with Crippen LogP contribution in [0.3, 0.4) is 0 Å². The molecule has 0 aromatic heterocycles. The molecule has 0 saturated carbocycles. The van der Waals surface area contributed by atoms with Gasteiger partial charge < -0.3 is 4.90 Å². The first-order valence-corrected chi connectivity index (χ1v) is 16.0. The summed E-state index contributed by atoms with van der Waals surface area (Å²) in [5.74, 6) is 0.771. The van der Waals surface area contributed by atoms with Crippen molar-refractivity contribution in [3.8, 4) is 0 Å². The second kappa shape index (κ2) is 13.5. The number of carbonyl (C=O) groups excluding carboxylic acids is 1. The summed E-state index contributed by atoms with van der Waals surface area (Å²) in [5, 5.41) is 4.08. The molecule has 0 radical (unpaired) electrons. The van der Waals surface area contributed by atoms with Gasteiger partial charge in [-0.1, -0.05) is 74.5 Å². The molecule has 0 N–H and O–H groups in total. The average Bonchev–Trinajstić information content (AvgIpc) is 3.43. The van der Waals surface area contributed by atoms with Crippen molar-refractivity contribution >= 4 is 39.3 Å². The average molecular weight is 612 g/mol. The fourth-order valence-electron chi connectivity index (χ4n) is 5.56. The molecule has 3 aromatic rings. The summed E-state index contributed by atoms with van der Waals surface area (Å²) in [6.45, 7) is 8.75. The molecule has 2 aliphatic heterocycles. The summed E-state index contributed by atoms with van der Waals surface area (Å²) < 4.78 is 0. The SMILES string of the molecule is CCC(=O)[C@H]1C[C@H]2C(C)=C(C)[C@@H]1[P@@]2c1ccccc1.C[C@@H](c1[c-]ccc2ccccc12)N(C)C.[Cl][Pd+]. The number of hydrogen-bond donors (Lipinski definition) is 0. The fourth-order valence-corrected chi connectivity index (χ4v) is 9.52. The van der Waals surface area contributed by atoms with Crippen LogP contribution in [0.25, 0.3) is 10.8 Å². The van der Waals surface area contributed by atoms with Crippen LogP contribution in [0.15, 0.2) is 77.9 Å². The minimum atomic E-state index is -0.203. The minimum absolute atomic E-state index is 0.203. The Morgan fingerprint density at radius 3 is 2.33 bits per heavy atom. The molecule has 5 rings (SSSR count). The summed E-state index contributed by atoms with van der Waals surface area (Å²) in [7, 11) is 8.48. The van der Waals surface area contributed by atoms with Crippen molar-refractivity contribution < 1.29 is 23.0 Å². The Hall–Kier alpha value is -1.33. The van der Waals surface area contributed by atoms with E-state index in [1.807, 2.05) is 13.0 Å². The zero-order valence-corrected chi connectivity index (χ0v) is 25.3. The number of ketones is 1. The molecule has 36 heavy (non-hydrogen) atoms. The van der Waals surface area contributed by atoms with E-state index in [1.165, 1.54) is 27.2 Å². The van der Waals surface area contributed by atoms with Gasteiger partial charge in [-0.25, -0.2) is 0 Å². The molecule has 1 saturated heterocycles. The predicted octanol–water partition coefficient (Wildman–Crippen LogP) is 7.83. The van der Waals surface area contributed by atoms with E-state index in [0.29, 0.717) is 35.5 Å². The van der Waals surface area contributed by atoms with Crippen molar-refractivity contribution in [3.63, 3.8) is 0 Å². The zero-order valence-electron chi connectivity index (χ0n) is 22.1. The topological polar surface area (TPSA) is 20.3 Å². The number of nitrogens with zero attached hydrogens (tertiary/aromatic N) is 1. The molecular weight excluding hydrogens is 575 g/mol. The van der Waals surface area contributed by atoms with Crippen molar-refractivity contribution in [3.05, 3.63) is 89.5 Å². The second-order valence-electron chi connectivity index (χ2n) is 9.85. The number of halogens is 1. The van der Waals surface area contributed by atoms with Crippen LogP contribution >= 0.6 is 17.5 Å². The monoisotopic (exact) mass is 611 g/mol.